The molecule has 0 aliphatic carbocycles. The van der Waals surface area contributed by atoms with Gasteiger partial charge in [-0.15, -0.1) is 0 Å². The van der Waals surface area contributed by atoms with Crippen LogP contribution in [-0.4, -0.2) is 36.4 Å². The van der Waals surface area contributed by atoms with Crippen molar-refractivity contribution in [3.8, 4) is 11.5 Å². The third-order valence-electron chi connectivity index (χ3n) is 4.25. The molecule has 0 bridgehead atoms. The molecule has 3 rings (SSSR count). The summed E-state index contributed by atoms with van der Waals surface area (Å²) in [4.78, 5) is 6.64. The molecular weight excluding hydrogens is 349 g/mol. The highest BCUT2D eigenvalue weighted by Crippen LogP contribution is 2.32. The Kier molecular flexibility index (Phi) is 6.13. The summed E-state index contributed by atoms with van der Waals surface area (Å²) in [5, 5.41) is 12.5. The summed E-state index contributed by atoms with van der Waals surface area (Å²) in [5.74, 6) is 1.85. The average molecular weight is 373 g/mol. The maximum absolute atomic E-state index is 13.5. The minimum absolute atomic E-state index is 0.256. The van der Waals surface area contributed by atoms with E-state index in [4.69, 9.17) is 9.47 Å². The van der Waals surface area contributed by atoms with Gasteiger partial charge in [0.25, 0.3) is 0 Å². The van der Waals surface area contributed by atoms with Gasteiger partial charge >= 0.3 is 0 Å². The largest absolute Gasteiger partial charge is 0.454 e. The summed E-state index contributed by atoms with van der Waals surface area (Å²) in [6, 6.07) is 10.6. The van der Waals surface area contributed by atoms with E-state index >= 15 is 0 Å². The van der Waals surface area contributed by atoms with Gasteiger partial charge in [-0.1, -0.05) is 12.1 Å². The van der Waals surface area contributed by atoms with Gasteiger partial charge in [-0.25, -0.2) is 9.38 Å². The normalized spacial score (nSPS) is 13.0. The van der Waals surface area contributed by atoms with Gasteiger partial charge < -0.3 is 24.8 Å². The van der Waals surface area contributed by atoms with E-state index in [0.29, 0.717) is 13.1 Å². The van der Waals surface area contributed by atoms with E-state index < -0.39 is 5.82 Å². The highest BCUT2D eigenvalue weighted by molar-refractivity contribution is 5.79. The Morgan fingerprint density at radius 2 is 1.96 bits per heavy atom. The second-order valence-electron chi connectivity index (χ2n) is 6.30. The van der Waals surface area contributed by atoms with Crippen LogP contribution in [0.5, 0.6) is 11.5 Å². The lowest BCUT2D eigenvalue weighted by Gasteiger charge is -2.22. The van der Waals surface area contributed by atoms with Crippen LogP contribution in [0.3, 0.4) is 0 Å². The smallest absolute Gasteiger partial charge is 0.231 e. The Morgan fingerprint density at radius 1 is 1.19 bits per heavy atom. The molecule has 0 unspecified atom stereocenters. The van der Waals surface area contributed by atoms with Gasteiger partial charge in [0.2, 0.25) is 6.79 Å². The lowest BCUT2D eigenvalue weighted by Crippen LogP contribution is -2.38. The number of aliphatic imine (C=N–C) groups is 1. The molecule has 27 heavy (non-hydrogen) atoms. The molecule has 0 saturated heterocycles. The number of aliphatic hydroxyl groups excluding tert-OH is 1. The summed E-state index contributed by atoms with van der Waals surface area (Å²) in [5.41, 5.74) is 2.20. The van der Waals surface area contributed by atoms with E-state index in [9.17, 15) is 9.50 Å². The highest BCUT2D eigenvalue weighted by atomic mass is 19.1. The molecule has 0 fully saturated rings. The average Bonchev–Trinajstić information content (AvgIpc) is 3.14. The number of hydrogen-bond donors (Lipinski definition) is 2. The van der Waals surface area contributed by atoms with E-state index in [2.05, 4.69) is 10.3 Å². The lowest BCUT2D eigenvalue weighted by atomic mass is 10.1. The van der Waals surface area contributed by atoms with Crippen LogP contribution < -0.4 is 14.8 Å². The van der Waals surface area contributed by atoms with Gasteiger partial charge in [-0.05, 0) is 42.3 Å². The topological polar surface area (TPSA) is 66.3 Å². The van der Waals surface area contributed by atoms with Crippen molar-refractivity contribution in [3.63, 3.8) is 0 Å². The number of aliphatic hydroxyl groups is 1. The molecule has 0 atom stereocenters. The van der Waals surface area contributed by atoms with Crippen LogP contribution in [0.1, 0.15) is 23.6 Å². The van der Waals surface area contributed by atoms with Crippen molar-refractivity contribution < 1.29 is 19.0 Å². The summed E-state index contributed by atoms with van der Waals surface area (Å²) in [6.45, 7) is 3.70. The monoisotopic (exact) mass is 373 g/mol. The standard InChI is InChI=1S/C20H24FN3O3/c1-3-22-20(23-10-14-4-6-17(21)16(8-14)12-25)24(2)11-15-5-7-18-19(9-15)27-13-26-18/h4-9,25H,3,10-13H2,1-2H3,(H,22,23). The zero-order valence-corrected chi connectivity index (χ0v) is 15.5. The van der Waals surface area contributed by atoms with E-state index in [-0.39, 0.29) is 19.0 Å². The molecule has 0 saturated carbocycles. The number of hydrogen-bond acceptors (Lipinski definition) is 4. The van der Waals surface area contributed by atoms with Crippen LogP contribution in [-0.2, 0) is 19.7 Å². The molecule has 2 aromatic rings. The van der Waals surface area contributed by atoms with E-state index in [1.54, 1.807) is 12.1 Å². The molecule has 2 N–H and O–H groups in total. The van der Waals surface area contributed by atoms with Crippen LogP contribution in [0.4, 0.5) is 4.39 Å². The van der Waals surface area contributed by atoms with Crippen LogP contribution >= 0.6 is 0 Å². The van der Waals surface area contributed by atoms with Gasteiger partial charge in [0.1, 0.15) is 5.82 Å². The fraction of sp³-hybridized carbons (Fsp3) is 0.350. The first-order chi connectivity index (χ1) is 13.1. The Labute approximate surface area is 158 Å². The van der Waals surface area contributed by atoms with Crippen LogP contribution in [0.15, 0.2) is 41.4 Å². The maximum Gasteiger partial charge on any atom is 0.231 e. The van der Waals surface area contributed by atoms with Crippen LogP contribution in [0.25, 0.3) is 0 Å². The number of nitrogens with zero attached hydrogens (tertiary/aromatic N) is 2. The van der Waals surface area contributed by atoms with Crippen LogP contribution in [0, 0.1) is 5.82 Å². The Balaban J connectivity index is 1.70. The fourth-order valence-electron chi connectivity index (χ4n) is 2.87. The number of fused-ring (bicyclic) bond motifs is 1. The van der Waals surface area contributed by atoms with Crippen molar-refractivity contribution in [2.45, 2.75) is 26.6 Å². The van der Waals surface area contributed by atoms with E-state index in [1.807, 2.05) is 37.1 Å². The predicted molar refractivity (Wildman–Crippen MR) is 101 cm³/mol. The van der Waals surface area contributed by atoms with Crippen molar-refractivity contribution >= 4 is 5.96 Å². The summed E-state index contributed by atoms with van der Waals surface area (Å²) < 4.78 is 24.3. The quantitative estimate of drug-likeness (QED) is 0.602. The molecule has 1 aliphatic heterocycles. The molecule has 144 valence electrons. The fourth-order valence-corrected chi connectivity index (χ4v) is 2.87. The third kappa shape index (κ3) is 4.68. The summed E-state index contributed by atoms with van der Waals surface area (Å²) in [7, 11) is 1.95. The molecule has 1 heterocycles. The molecular formula is C20H24FN3O3. The lowest BCUT2D eigenvalue weighted by molar-refractivity contribution is 0.174. The number of guanidine groups is 1. The second-order valence-corrected chi connectivity index (χ2v) is 6.30. The number of halogens is 1. The third-order valence-corrected chi connectivity index (χ3v) is 4.25. The van der Waals surface area contributed by atoms with Gasteiger partial charge in [0, 0.05) is 25.7 Å². The second kappa shape index (κ2) is 8.73. The SMILES string of the molecule is CCNC(=NCc1ccc(F)c(CO)c1)N(C)Cc1ccc2c(c1)OCO2. The minimum Gasteiger partial charge on any atom is -0.454 e. The zero-order valence-electron chi connectivity index (χ0n) is 15.5. The molecule has 0 spiro atoms. The predicted octanol–water partition coefficient (Wildman–Crippen LogP) is 2.64. The van der Waals surface area contributed by atoms with E-state index in [1.165, 1.54) is 6.07 Å². The molecule has 1 aliphatic rings. The van der Waals surface area contributed by atoms with Gasteiger partial charge in [-0.3, -0.25) is 0 Å². The molecule has 7 heteroatoms. The molecule has 0 amide bonds. The molecule has 2 aromatic carbocycles. The Hall–Kier alpha value is -2.80. The highest BCUT2D eigenvalue weighted by Gasteiger charge is 2.14. The van der Waals surface area contributed by atoms with Crippen LogP contribution in [0.2, 0.25) is 0 Å². The first-order valence-electron chi connectivity index (χ1n) is 8.87. The maximum atomic E-state index is 13.5. The first-order valence-corrected chi connectivity index (χ1v) is 8.87. The number of rotatable bonds is 6. The van der Waals surface area contributed by atoms with Crippen molar-refractivity contribution in [3.05, 3.63) is 58.9 Å². The van der Waals surface area contributed by atoms with Crippen molar-refractivity contribution in [1.82, 2.24) is 10.2 Å². The Bertz CT molecular complexity index is 826. The van der Waals surface area contributed by atoms with Gasteiger partial charge in [0.05, 0.1) is 13.2 Å². The molecule has 0 aromatic heterocycles. The number of benzene rings is 2. The van der Waals surface area contributed by atoms with Crippen molar-refractivity contribution in [2.75, 3.05) is 20.4 Å². The minimum atomic E-state index is -0.405. The number of nitrogens with one attached hydrogen (secondary N) is 1. The summed E-state index contributed by atoms with van der Waals surface area (Å²) >= 11 is 0. The van der Waals surface area contributed by atoms with Crippen molar-refractivity contribution in [1.29, 1.82) is 0 Å². The zero-order chi connectivity index (χ0) is 19.2. The van der Waals surface area contributed by atoms with E-state index in [0.717, 1.165) is 35.1 Å². The molecule has 0 radical (unpaired) electrons. The number of ether oxygens (including phenoxy) is 2. The first kappa shape index (κ1) is 19.0. The van der Waals surface area contributed by atoms with Gasteiger partial charge in [0.15, 0.2) is 17.5 Å². The summed E-state index contributed by atoms with van der Waals surface area (Å²) in [6.07, 6.45) is 0. The van der Waals surface area contributed by atoms with Gasteiger partial charge in [-0.2, -0.15) is 0 Å². The molecule has 6 nitrogen and oxygen atoms in total. The van der Waals surface area contributed by atoms with Crippen molar-refractivity contribution in [2.24, 2.45) is 4.99 Å². The Morgan fingerprint density at radius 3 is 2.74 bits per heavy atom.